The summed E-state index contributed by atoms with van der Waals surface area (Å²) in [7, 11) is 1.64. The van der Waals surface area contributed by atoms with Gasteiger partial charge in [0.25, 0.3) is 0 Å². The molecule has 34 heavy (non-hydrogen) atoms. The Labute approximate surface area is 197 Å². The third kappa shape index (κ3) is 5.99. The lowest BCUT2D eigenvalue weighted by Gasteiger charge is -2.36. The van der Waals surface area contributed by atoms with Crippen molar-refractivity contribution < 1.29 is 22.7 Å². The van der Waals surface area contributed by atoms with E-state index < -0.39 is 11.7 Å². The number of methoxy groups -OCH3 is 1. The van der Waals surface area contributed by atoms with E-state index in [2.05, 4.69) is 23.5 Å². The zero-order chi connectivity index (χ0) is 24.1. The minimum Gasteiger partial charge on any atom is -0.497 e. The second kappa shape index (κ2) is 10.3. The summed E-state index contributed by atoms with van der Waals surface area (Å²) in [4.78, 5) is 16.4. The number of alkyl halides is 3. The topological polar surface area (TPSA) is 44.8 Å². The Kier molecular flexibility index (Phi) is 7.26. The van der Waals surface area contributed by atoms with Crippen LogP contribution in [-0.2, 0) is 17.4 Å². The van der Waals surface area contributed by atoms with Gasteiger partial charge in [0.15, 0.2) is 0 Å². The van der Waals surface area contributed by atoms with Crippen molar-refractivity contribution in [3.63, 3.8) is 0 Å². The Morgan fingerprint density at radius 3 is 2.47 bits per heavy atom. The molecule has 3 aromatic rings. The van der Waals surface area contributed by atoms with Crippen molar-refractivity contribution in [3.05, 3.63) is 71.8 Å². The minimum absolute atomic E-state index is 0.0463. The average molecular weight is 472 g/mol. The van der Waals surface area contributed by atoms with Crippen molar-refractivity contribution in [2.45, 2.75) is 12.6 Å². The fraction of sp³-hybridized carbons (Fsp3) is 0.346. The van der Waals surface area contributed by atoms with Crippen LogP contribution in [0.3, 0.4) is 0 Å². The Hall–Kier alpha value is -3.26. The van der Waals surface area contributed by atoms with E-state index in [9.17, 15) is 18.0 Å². The highest BCUT2D eigenvalue weighted by Crippen LogP contribution is 2.31. The van der Waals surface area contributed by atoms with E-state index in [-0.39, 0.29) is 12.5 Å². The second-order valence-corrected chi connectivity index (χ2v) is 8.46. The largest absolute Gasteiger partial charge is 0.497 e. The number of nitrogens with one attached hydrogen (secondary N) is 1. The van der Waals surface area contributed by atoms with Crippen LogP contribution < -0.4 is 15.0 Å². The van der Waals surface area contributed by atoms with Gasteiger partial charge in [0.1, 0.15) is 5.75 Å². The Bertz CT molecular complexity index is 1140. The van der Waals surface area contributed by atoms with Gasteiger partial charge in [-0.1, -0.05) is 30.3 Å². The van der Waals surface area contributed by atoms with Gasteiger partial charge < -0.3 is 15.0 Å². The van der Waals surface area contributed by atoms with E-state index in [4.69, 9.17) is 4.74 Å². The summed E-state index contributed by atoms with van der Waals surface area (Å²) < 4.78 is 44.2. The minimum atomic E-state index is -4.35. The lowest BCUT2D eigenvalue weighted by atomic mass is 10.0. The SMILES string of the molecule is COc1ccc2ccc(CCNC(=O)CN3CCN(c4cccc(C(F)(F)F)c4)CC3)cc2c1. The number of rotatable bonds is 7. The van der Waals surface area contributed by atoms with Gasteiger partial charge in [0.05, 0.1) is 19.2 Å². The second-order valence-electron chi connectivity index (χ2n) is 8.46. The van der Waals surface area contributed by atoms with Gasteiger partial charge >= 0.3 is 6.18 Å². The molecule has 4 rings (SSSR count). The van der Waals surface area contributed by atoms with Gasteiger partial charge in [-0.15, -0.1) is 0 Å². The normalized spacial score (nSPS) is 14.9. The quantitative estimate of drug-likeness (QED) is 0.557. The number of ether oxygens (including phenoxy) is 1. The summed E-state index contributed by atoms with van der Waals surface area (Å²) in [6, 6.07) is 17.6. The third-order valence-electron chi connectivity index (χ3n) is 6.13. The first kappa shape index (κ1) is 23.9. The van der Waals surface area contributed by atoms with Gasteiger partial charge in [0, 0.05) is 38.4 Å². The smallest absolute Gasteiger partial charge is 0.416 e. The lowest BCUT2D eigenvalue weighted by molar-refractivity contribution is -0.137. The molecule has 1 amide bonds. The number of carbonyl (C=O) groups is 1. The number of benzene rings is 3. The average Bonchev–Trinajstić information content (AvgIpc) is 2.83. The number of fused-ring (bicyclic) bond motifs is 1. The number of piperazine rings is 1. The zero-order valence-corrected chi connectivity index (χ0v) is 19.1. The fourth-order valence-electron chi connectivity index (χ4n) is 4.21. The standard InChI is InChI=1S/C26H28F3N3O2/c1-34-24-8-7-20-6-5-19(15-21(20)16-24)9-10-30-25(33)18-31-11-13-32(14-12-31)23-4-2-3-22(17-23)26(27,28)29/h2-8,15-17H,9-14,18H2,1H3,(H,30,33). The highest BCUT2D eigenvalue weighted by atomic mass is 19.4. The van der Waals surface area contributed by atoms with Crippen LogP contribution in [0.4, 0.5) is 18.9 Å². The molecule has 1 aliphatic heterocycles. The van der Waals surface area contributed by atoms with Crippen LogP contribution in [0.15, 0.2) is 60.7 Å². The molecule has 0 unspecified atom stereocenters. The first-order chi connectivity index (χ1) is 16.3. The maximum Gasteiger partial charge on any atom is 0.416 e. The molecule has 1 saturated heterocycles. The molecule has 0 radical (unpaired) electrons. The van der Waals surface area contributed by atoms with Crippen LogP contribution in [0.5, 0.6) is 5.75 Å². The van der Waals surface area contributed by atoms with E-state index >= 15 is 0 Å². The number of hydrogen-bond acceptors (Lipinski definition) is 4. The van der Waals surface area contributed by atoms with Crippen molar-refractivity contribution in [1.29, 1.82) is 0 Å². The number of halogens is 3. The summed E-state index contributed by atoms with van der Waals surface area (Å²) in [5, 5.41) is 5.21. The third-order valence-corrected chi connectivity index (χ3v) is 6.13. The highest BCUT2D eigenvalue weighted by Gasteiger charge is 2.31. The van der Waals surface area contributed by atoms with Crippen molar-refractivity contribution in [2.24, 2.45) is 0 Å². The molecule has 0 atom stereocenters. The molecule has 0 bridgehead atoms. The molecular formula is C26H28F3N3O2. The molecule has 5 nitrogen and oxygen atoms in total. The van der Waals surface area contributed by atoms with Crippen LogP contribution >= 0.6 is 0 Å². The number of carbonyl (C=O) groups excluding carboxylic acids is 1. The van der Waals surface area contributed by atoms with Crippen LogP contribution in [0.2, 0.25) is 0 Å². The van der Waals surface area contributed by atoms with Crippen molar-refractivity contribution >= 4 is 22.4 Å². The number of nitrogens with zero attached hydrogens (tertiary/aromatic N) is 2. The molecule has 8 heteroatoms. The molecule has 0 spiro atoms. The maximum atomic E-state index is 13.0. The van der Waals surface area contributed by atoms with E-state index in [1.54, 1.807) is 13.2 Å². The predicted molar refractivity (Wildman–Crippen MR) is 127 cm³/mol. The van der Waals surface area contributed by atoms with Gasteiger partial charge in [-0.2, -0.15) is 13.2 Å². The molecule has 1 heterocycles. The summed E-state index contributed by atoms with van der Waals surface area (Å²) >= 11 is 0. The van der Waals surface area contributed by atoms with Crippen LogP contribution in [0, 0.1) is 0 Å². The van der Waals surface area contributed by atoms with E-state index in [0.717, 1.165) is 34.6 Å². The molecule has 3 aromatic carbocycles. The lowest BCUT2D eigenvalue weighted by Crippen LogP contribution is -2.49. The summed E-state index contributed by atoms with van der Waals surface area (Å²) in [6.45, 7) is 3.22. The molecule has 0 aliphatic carbocycles. The Morgan fingerprint density at radius 2 is 1.74 bits per heavy atom. The number of hydrogen-bond donors (Lipinski definition) is 1. The zero-order valence-electron chi connectivity index (χ0n) is 19.1. The number of amides is 1. The molecular weight excluding hydrogens is 443 g/mol. The molecule has 0 saturated carbocycles. The van der Waals surface area contributed by atoms with Crippen LogP contribution in [-0.4, -0.2) is 57.2 Å². The van der Waals surface area contributed by atoms with E-state index in [0.29, 0.717) is 38.4 Å². The van der Waals surface area contributed by atoms with E-state index in [1.807, 2.05) is 28.0 Å². The first-order valence-corrected chi connectivity index (χ1v) is 11.3. The molecule has 1 N–H and O–H groups in total. The maximum absolute atomic E-state index is 13.0. The first-order valence-electron chi connectivity index (χ1n) is 11.3. The summed E-state index contributed by atoms with van der Waals surface area (Å²) in [5.74, 6) is 0.765. The van der Waals surface area contributed by atoms with Gasteiger partial charge in [-0.05, 0) is 53.1 Å². The van der Waals surface area contributed by atoms with Crippen molar-refractivity contribution in [1.82, 2.24) is 10.2 Å². The van der Waals surface area contributed by atoms with Crippen LogP contribution in [0.1, 0.15) is 11.1 Å². The molecule has 0 aromatic heterocycles. The summed E-state index contributed by atoms with van der Waals surface area (Å²) in [6.07, 6.45) is -3.63. The number of anilines is 1. The van der Waals surface area contributed by atoms with E-state index in [1.165, 1.54) is 12.1 Å². The molecule has 180 valence electrons. The fourth-order valence-corrected chi connectivity index (χ4v) is 4.21. The highest BCUT2D eigenvalue weighted by molar-refractivity contribution is 5.84. The molecule has 1 fully saturated rings. The molecule has 1 aliphatic rings. The van der Waals surface area contributed by atoms with Crippen molar-refractivity contribution in [2.75, 3.05) is 51.3 Å². The summed E-state index contributed by atoms with van der Waals surface area (Å²) in [5.41, 5.74) is 1.06. The van der Waals surface area contributed by atoms with Gasteiger partial charge in [-0.3, -0.25) is 9.69 Å². The van der Waals surface area contributed by atoms with Gasteiger partial charge in [0.2, 0.25) is 5.91 Å². The predicted octanol–water partition coefficient (Wildman–Crippen LogP) is 4.35. The van der Waals surface area contributed by atoms with Crippen molar-refractivity contribution in [3.8, 4) is 5.75 Å². The Balaban J connectivity index is 1.22. The van der Waals surface area contributed by atoms with Crippen LogP contribution in [0.25, 0.3) is 10.8 Å². The monoisotopic (exact) mass is 471 g/mol. The van der Waals surface area contributed by atoms with Gasteiger partial charge in [-0.25, -0.2) is 0 Å². The Morgan fingerprint density at radius 1 is 0.971 bits per heavy atom.